The maximum Gasteiger partial charge on any atom is 0.419 e. The van der Waals surface area contributed by atoms with Crippen molar-refractivity contribution in [3.8, 4) is 11.5 Å². The third-order valence-corrected chi connectivity index (χ3v) is 11.9. The van der Waals surface area contributed by atoms with E-state index in [9.17, 15) is 36.7 Å². The number of carbonyl (C=O) groups excluding carboxylic acids is 4. The van der Waals surface area contributed by atoms with Gasteiger partial charge in [-0.2, -0.15) is 0 Å². The molecule has 386 valence electrons. The molecule has 74 heavy (non-hydrogen) atoms. The Morgan fingerprint density at radius 3 is 1.68 bits per heavy atom. The van der Waals surface area contributed by atoms with E-state index in [1.165, 1.54) is 91.2 Å². The Morgan fingerprint density at radius 2 is 1.16 bits per heavy atom. The van der Waals surface area contributed by atoms with Crippen LogP contribution in [0.4, 0.5) is 38.5 Å². The van der Waals surface area contributed by atoms with E-state index >= 15 is 0 Å². The second kappa shape index (κ2) is 25.7. The molecule has 5 N–H and O–H groups in total. The Balaban J connectivity index is 0.000000192. The zero-order chi connectivity index (χ0) is 52.2. The van der Waals surface area contributed by atoms with Crippen LogP contribution in [-0.2, 0) is 35.5 Å². The first-order valence-corrected chi connectivity index (χ1v) is 22.8. The summed E-state index contributed by atoms with van der Waals surface area (Å²) in [6.45, 7) is 0.00197. The molecule has 2 atom stereocenters. The first-order chi connectivity index (χ1) is 35.1. The molecule has 2 aliphatic rings. The zero-order valence-corrected chi connectivity index (χ0v) is 41.5. The summed E-state index contributed by atoms with van der Waals surface area (Å²) in [7, 11) is 3.08. The highest BCUT2D eigenvalue weighted by atomic mass is 35.5. The molecule has 3 aromatic heterocycles. The van der Waals surface area contributed by atoms with Crippen molar-refractivity contribution < 1.29 is 55.7 Å². The number of hydrogen-bond donors (Lipinski definition) is 4. The van der Waals surface area contributed by atoms with E-state index in [0.717, 1.165) is 6.07 Å². The van der Waals surface area contributed by atoms with Crippen molar-refractivity contribution in [2.75, 3.05) is 24.9 Å². The number of pyridine rings is 2. The maximum absolute atomic E-state index is 14.7. The highest BCUT2D eigenvalue weighted by Gasteiger charge is 2.32. The molecule has 0 unspecified atom stereocenters. The average molecular weight is 1080 g/mol. The molecular formula is C51H45Cl3F4N8O8. The van der Waals surface area contributed by atoms with E-state index in [4.69, 9.17) is 47.9 Å². The number of anilines is 2. The Hall–Kier alpha value is -7.78. The number of ether oxygens (including phenoxy) is 4. The number of fused-ring (bicyclic) bond motifs is 2. The molecule has 0 fully saturated rings. The lowest BCUT2D eigenvalue weighted by Gasteiger charge is -2.16. The molecular weight excluding hydrogens is 1030 g/mol. The molecule has 0 radical (unpaired) electrons. The second-order valence-corrected chi connectivity index (χ2v) is 16.8. The van der Waals surface area contributed by atoms with Gasteiger partial charge in [-0.25, -0.2) is 36.7 Å². The molecule has 3 heterocycles. The number of alkyl carbamates (subject to hydrolysis) is 1. The van der Waals surface area contributed by atoms with Gasteiger partial charge in [0.05, 0.1) is 41.7 Å². The van der Waals surface area contributed by atoms with Crippen molar-refractivity contribution in [3.63, 3.8) is 0 Å². The minimum absolute atomic E-state index is 0. The molecule has 0 bridgehead atoms. The number of nitrogens with zero attached hydrogens (tertiary/aromatic N) is 4. The number of aromatic nitrogens is 4. The minimum atomic E-state index is -0.738. The lowest BCUT2D eigenvalue weighted by atomic mass is 10.0. The number of amides is 3. The SMILES string of the molecule is COc1ccnc(COC(=O)N[C@H]2CCc3c(C(=O)Nc4ccc(F)c(Cl)c4)ccc(F)c32)c1.COc1ccnc(COC(=O)n2ccnc2)c1.Cl.N[C@H]1CCc2c(C(=O)Nc3ccc(F)c(Cl)c3)ccc(F)c21. The number of nitrogens with one attached hydrogen (secondary N) is 3. The summed E-state index contributed by atoms with van der Waals surface area (Å²) in [6, 6.07) is 18.6. The van der Waals surface area contributed by atoms with Crippen molar-refractivity contribution in [1.29, 1.82) is 0 Å². The number of imidazole rings is 1. The number of nitrogens with two attached hydrogens (primary N) is 1. The van der Waals surface area contributed by atoms with Crippen molar-refractivity contribution in [2.45, 2.75) is 51.0 Å². The van der Waals surface area contributed by atoms with Gasteiger partial charge in [0.25, 0.3) is 11.8 Å². The van der Waals surface area contributed by atoms with Crippen LogP contribution in [0, 0.1) is 23.3 Å². The van der Waals surface area contributed by atoms with Crippen molar-refractivity contribution in [3.05, 3.63) is 194 Å². The van der Waals surface area contributed by atoms with Crippen molar-refractivity contribution in [2.24, 2.45) is 5.73 Å². The van der Waals surface area contributed by atoms with Gasteiger partial charge in [0.1, 0.15) is 54.3 Å². The third-order valence-electron chi connectivity index (χ3n) is 11.3. The molecule has 3 amide bonds. The van der Waals surface area contributed by atoms with E-state index in [2.05, 4.69) is 30.9 Å². The normalized spacial score (nSPS) is 13.7. The summed E-state index contributed by atoms with van der Waals surface area (Å²) in [4.78, 5) is 60.9. The zero-order valence-electron chi connectivity index (χ0n) is 39.2. The molecule has 9 rings (SSSR count). The fourth-order valence-corrected chi connectivity index (χ4v) is 8.17. The van der Waals surface area contributed by atoms with Crippen LogP contribution in [0.1, 0.15) is 79.3 Å². The van der Waals surface area contributed by atoms with E-state index in [1.54, 1.807) is 37.6 Å². The fraction of sp³-hybridized carbons (Fsp3) is 0.196. The van der Waals surface area contributed by atoms with Gasteiger partial charge in [-0.05, 0) is 110 Å². The number of halogens is 7. The summed E-state index contributed by atoms with van der Waals surface area (Å²) >= 11 is 11.5. The van der Waals surface area contributed by atoms with Crippen LogP contribution in [-0.4, -0.2) is 57.7 Å². The molecule has 2 aliphatic carbocycles. The number of hydrogen-bond acceptors (Lipinski definition) is 12. The Labute approximate surface area is 436 Å². The van der Waals surface area contributed by atoms with Crippen LogP contribution in [0.5, 0.6) is 11.5 Å². The number of rotatable bonds is 11. The summed E-state index contributed by atoms with van der Waals surface area (Å²) in [6.07, 6.45) is 8.23. The quantitative estimate of drug-likeness (QED) is 0.0892. The first-order valence-electron chi connectivity index (χ1n) is 22.1. The highest BCUT2D eigenvalue weighted by Crippen LogP contribution is 2.37. The standard InChI is InChI=1S/C24H20ClF2N3O4.C16H13ClF2N2O.C11H11N3O3.ClH/c1-33-15-8-9-28-14(10-15)12-34-24(32)30-21-7-4-16-17(3-6-20(27)22(16)21)23(31)29-13-2-5-19(26)18(25)11-13;17-11-7-8(1-4-12(11)18)21-16(22)10-2-5-13(19)15-9(10)3-6-14(15)20;1-16-10-2-3-13-9(6-10)7-17-11(15)14-5-4-12-8-14;/h2-3,5-6,8-11,21H,4,7,12H2,1H3,(H,29,31)(H,30,32);1-2,4-5,7,14H,3,6,20H2,(H,21,22);2-6,8H,7H2,1H3;1H/t21-;14-;;/m00../s1. The summed E-state index contributed by atoms with van der Waals surface area (Å²) in [5.74, 6) is -1.73. The van der Waals surface area contributed by atoms with Crippen LogP contribution in [0.3, 0.4) is 0 Å². The summed E-state index contributed by atoms with van der Waals surface area (Å²) in [5.41, 5.74) is 10.1. The van der Waals surface area contributed by atoms with Crippen molar-refractivity contribution in [1.82, 2.24) is 24.8 Å². The Morgan fingerprint density at radius 1 is 0.662 bits per heavy atom. The predicted molar refractivity (Wildman–Crippen MR) is 268 cm³/mol. The van der Waals surface area contributed by atoms with Crippen LogP contribution in [0.25, 0.3) is 0 Å². The molecule has 7 aromatic rings. The van der Waals surface area contributed by atoms with Crippen LogP contribution in [0.15, 0.2) is 116 Å². The van der Waals surface area contributed by atoms with E-state index in [0.29, 0.717) is 82.2 Å². The molecule has 0 aliphatic heterocycles. The number of methoxy groups -OCH3 is 2. The third kappa shape index (κ3) is 14.0. The Bertz CT molecular complexity index is 3160. The topological polar surface area (TPSA) is 211 Å². The minimum Gasteiger partial charge on any atom is -0.497 e. The monoisotopic (exact) mass is 1080 g/mol. The predicted octanol–water partition coefficient (Wildman–Crippen LogP) is 10.9. The molecule has 23 heteroatoms. The van der Waals surface area contributed by atoms with E-state index in [-0.39, 0.29) is 58.7 Å². The van der Waals surface area contributed by atoms with Crippen LogP contribution in [0.2, 0.25) is 10.0 Å². The van der Waals surface area contributed by atoms with Crippen molar-refractivity contribution >= 4 is 71.0 Å². The molecule has 0 saturated heterocycles. The smallest absolute Gasteiger partial charge is 0.419 e. The highest BCUT2D eigenvalue weighted by molar-refractivity contribution is 6.31. The van der Waals surface area contributed by atoms with Crippen LogP contribution >= 0.6 is 35.6 Å². The second-order valence-electron chi connectivity index (χ2n) is 16.0. The van der Waals surface area contributed by atoms with Crippen LogP contribution < -0.4 is 31.2 Å². The van der Waals surface area contributed by atoms with Gasteiger partial charge < -0.3 is 40.6 Å². The van der Waals surface area contributed by atoms with Gasteiger partial charge in [-0.1, -0.05) is 23.2 Å². The average Bonchev–Trinajstić information content (AvgIpc) is 4.18. The van der Waals surface area contributed by atoms with Gasteiger partial charge in [0, 0.05) is 76.6 Å². The maximum atomic E-state index is 14.7. The van der Waals surface area contributed by atoms with Gasteiger partial charge in [-0.3, -0.25) is 19.6 Å². The summed E-state index contributed by atoms with van der Waals surface area (Å²) in [5, 5.41) is 7.72. The number of benzene rings is 4. The van der Waals surface area contributed by atoms with Gasteiger partial charge in [-0.15, -0.1) is 12.4 Å². The molecule has 0 saturated carbocycles. The van der Waals surface area contributed by atoms with Gasteiger partial charge in [0.2, 0.25) is 0 Å². The number of carbonyl (C=O) groups is 4. The lowest BCUT2D eigenvalue weighted by molar-refractivity contribution is 0.101. The van der Waals surface area contributed by atoms with Gasteiger partial charge in [0.15, 0.2) is 0 Å². The van der Waals surface area contributed by atoms with E-state index in [1.807, 2.05) is 0 Å². The molecule has 0 spiro atoms. The summed E-state index contributed by atoms with van der Waals surface area (Å²) < 4.78 is 76.7. The largest absolute Gasteiger partial charge is 0.497 e. The van der Waals surface area contributed by atoms with E-state index < -0.39 is 47.5 Å². The fourth-order valence-electron chi connectivity index (χ4n) is 7.80. The Kier molecular flexibility index (Phi) is 19.3. The van der Waals surface area contributed by atoms with Gasteiger partial charge >= 0.3 is 12.2 Å². The lowest BCUT2D eigenvalue weighted by Crippen LogP contribution is -2.28. The molecule has 4 aromatic carbocycles. The molecule has 16 nitrogen and oxygen atoms in total. The first kappa shape index (κ1) is 55.5.